The second-order valence-corrected chi connectivity index (χ2v) is 20.2. The second-order valence-electron chi connectivity index (χ2n) is 18.5. The minimum Gasteiger partial charge on any atom is -0.477 e. The van der Waals surface area contributed by atoms with Gasteiger partial charge in [-0.05, 0) is 99.8 Å². The predicted octanol–water partition coefficient (Wildman–Crippen LogP) is 8.53. The molecule has 0 aliphatic carbocycles. The SMILES string of the molecule is Cc1ncsc1-c1ccc(CNC(=O)[C@@H]2CCCN2C(=O)C(NC(=O)COCCCOCCCCOc2ncc(N3C(=S)N(c4ccc(C#N)c(C(F)(F)F)c4F)C(=O)C3(C)C)cc2Cl)C(C)(C)C)cc1. The number of hydrogen-bond donors (Lipinski definition) is 2. The summed E-state index contributed by atoms with van der Waals surface area (Å²) < 4.78 is 73.7. The van der Waals surface area contributed by atoms with E-state index in [1.165, 1.54) is 37.1 Å². The van der Waals surface area contributed by atoms with Gasteiger partial charge in [0, 0.05) is 32.9 Å². The summed E-state index contributed by atoms with van der Waals surface area (Å²) in [6.07, 6.45) is -1.00. The normalized spacial score (nSPS) is 16.3. The molecule has 4 aromatic rings. The number of hydrogen-bond acceptors (Lipinski definition) is 12. The average Bonchev–Trinajstić information content (AvgIpc) is 4.02. The number of nitrogens with one attached hydrogen (secondary N) is 2. The van der Waals surface area contributed by atoms with Crippen molar-refractivity contribution in [3.8, 4) is 22.4 Å². The number of aryl methyl sites for hydroxylation is 1. The van der Waals surface area contributed by atoms with Crippen LogP contribution >= 0.6 is 35.2 Å². The lowest BCUT2D eigenvalue weighted by atomic mass is 9.85. The zero-order valence-corrected chi connectivity index (χ0v) is 42.5. The minimum absolute atomic E-state index is 0.0542. The first-order valence-electron chi connectivity index (χ1n) is 22.9. The molecule has 2 aliphatic heterocycles. The number of nitriles is 1. The second kappa shape index (κ2) is 23.2. The highest BCUT2D eigenvalue weighted by molar-refractivity contribution is 7.81. The predicted molar refractivity (Wildman–Crippen MR) is 263 cm³/mol. The van der Waals surface area contributed by atoms with Crippen molar-refractivity contribution in [3.63, 3.8) is 0 Å². The molecule has 380 valence electrons. The first-order chi connectivity index (χ1) is 33.6. The first kappa shape index (κ1) is 54.5. The molecule has 2 N–H and O–H groups in total. The third kappa shape index (κ3) is 12.8. The van der Waals surface area contributed by atoms with Gasteiger partial charge in [0.25, 0.3) is 5.91 Å². The molecule has 71 heavy (non-hydrogen) atoms. The summed E-state index contributed by atoms with van der Waals surface area (Å²) in [4.78, 5) is 67.0. The molecule has 0 saturated carbocycles. The van der Waals surface area contributed by atoms with Crippen LogP contribution in [-0.2, 0) is 41.4 Å². The number of carbonyl (C=O) groups excluding carboxylic acids is 4. The third-order valence-corrected chi connectivity index (χ3v) is 13.5. The van der Waals surface area contributed by atoms with Crippen LogP contribution in [0.1, 0.15) is 89.1 Å². The van der Waals surface area contributed by atoms with Crippen molar-refractivity contribution in [3.05, 3.63) is 87.4 Å². The Bertz CT molecular complexity index is 2660. The van der Waals surface area contributed by atoms with Gasteiger partial charge in [-0.25, -0.2) is 14.4 Å². The Hall–Kier alpha value is -5.79. The summed E-state index contributed by atoms with van der Waals surface area (Å²) in [6, 6.07) is 10.8. The Morgan fingerprint density at radius 3 is 2.37 bits per heavy atom. The molecule has 6 rings (SSSR count). The summed E-state index contributed by atoms with van der Waals surface area (Å²) in [5, 5.41) is 14.7. The monoisotopic (exact) mass is 1040 g/mol. The van der Waals surface area contributed by atoms with E-state index in [0.29, 0.717) is 63.3 Å². The molecular formula is C49H55ClF4N8O7S2. The molecule has 2 atom stereocenters. The van der Waals surface area contributed by atoms with E-state index in [1.54, 1.807) is 16.2 Å². The van der Waals surface area contributed by atoms with Gasteiger partial charge in [0.1, 0.15) is 34.8 Å². The molecule has 0 radical (unpaired) electrons. The Morgan fingerprint density at radius 2 is 1.72 bits per heavy atom. The maximum Gasteiger partial charge on any atom is 0.420 e. The molecule has 2 fully saturated rings. The summed E-state index contributed by atoms with van der Waals surface area (Å²) in [5.74, 6) is -3.56. The van der Waals surface area contributed by atoms with Gasteiger partial charge >= 0.3 is 6.18 Å². The fraction of sp³-hybridized carbons (Fsp3) is 0.469. The number of aromatic nitrogens is 2. The van der Waals surface area contributed by atoms with Crippen molar-refractivity contribution in [2.24, 2.45) is 5.41 Å². The zero-order chi connectivity index (χ0) is 51.8. The molecule has 22 heteroatoms. The van der Waals surface area contributed by atoms with E-state index in [-0.39, 0.29) is 53.3 Å². The summed E-state index contributed by atoms with van der Waals surface area (Å²) in [7, 11) is 0. The van der Waals surface area contributed by atoms with Crippen LogP contribution in [0.4, 0.5) is 28.9 Å². The molecule has 4 amide bonds. The molecule has 2 aromatic carbocycles. The number of anilines is 2. The fourth-order valence-corrected chi connectivity index (χ4v) is 9.72. The van der Waals surface area contributed by atoms with Crippen LogP contribution in [0.2, 0.25) is 5.02 Å². The molecule has 2 aliphatic rings. The molecular weight excluding hydrogens is 988 g/mol. The molecule has 0 spiro atoms. The number of halogens is 5. The van der Waals surface area contributed by atoms with Crippen LogP contribution < -0.4 is 25.2 Å². The Labute approximate surface area is 423 Å². The van der Waals surface area contributed by atoms with Gasteiger partial charge in [-0.3, -0.25) is 24.1 Å². The number of thiocarbonyl (C=S) groups is 1. The quantitative estimate of drug-likeness (QED) is 0.0491. The largest absolute Gasteiger partial charge is 0.477 e. The number of thiazole rings is 1. The number of alkyl halides is 3. The number of amides is 4. The van der Waals surface area contributed by atoms with Crippen LogP contribution in [0.15, 0.2) is 54.2 Å². The molecule has 15 nitrogen and oxygen atoms in total. The van der Waals surface area contributed by atoms with Gasteiger partial charge in [0.2, 0.25) is 23.6 Å². The Morgan fingerprint density at radius 1 is 1.03 bits per heavy atom. The number of unbranched alkanes of at least 4 members (excludes halogenated alkanes) is 1. The van der Waals surface area contributed by atoms with E-state index < -0.39 is 63.7 Å². The van der Waals surface area contributed by atoms with E-state index in [1.807, 2.05) is 57.5 Å². The van der Waals surface area contributed by atoms with Crippen molar-refractivity contribution in [1.82, 2.24) is 25.5 Å². The lowest BCUT2D eigenvalue weighted by Gasteiger charge is -2.35. The third-order valence-electron chi connectivity index (χ3n) is 11.9. The van der Waals surface area contributed by atoms with Gasteiger partial charge in [-0.2, -0.15) is 18.4 Å². The minimum atomic E-state index is -5.21. The van der Waals surface area contributed by atoms with E-state index in [2.05, 4.69) is 20.6 Å². The average molecular weight is 1040 g/mol. The standard InChI is InChI=1S/C49H55ClF4N8O7S2/c1-29-40(71-28-58-29)31-14-12-30(13-15-31)25-56-42(64)36-11-9-18-60(36)44(65)41(47(2,3)4)59-37(63)27-68-21-10-20-67-19-7-8-22-69-43-34(50)23-33(26-57-43)62-46(70)61(45(66)48(62,5)6)35-17-16-32(24-55)38(39(35)51)49(52,53)54/h12-17,23,26,28,36,41H,7-11,18-22,25,27H2,1-6H3,(H,56,64)(H,59,63)/t36-,41?/m0/s1. The smallest absolute Gasteiger partial charge is 0.420 e. The van der Waals surface area contributed by atoms with Crippen molar-refractivity contribution in [2.75, 3.05) is 49.4 Å². The van der Waals surface area contributed by atoms with Gasteiger partial charge < -0.3 is 34.6 Å². The van der Waals surface area contributed by atoms with Crippen molar-refractivity contribution in [1.29, 1.82) is 5.26 Å². The van der Waals surface area contributed by atoms with E-state index in [0.717, 1.165) is 33.8 Å². The molecule has 2 aromatic heterocycles. The zero-order valence-electron chi connectivity index (χ0n) is 40.1. The summed E-state index contributed by atoms with van der Waals surface area (Å²) in [6.45, 7) is 12.1. The highest BCUT2D eigenvalue weighted by Gasteiger charge is 2.52. The summed E-state index contributed by atoms with van der Waals surface area (Å²) in [5.41, 5.74) is -0.676. The summed E-state index contributed by atoms with van der Waals surface area (Å²) >= 11 is 13.6. The topological polar surface area (TPSA) is 179 Å². The maximum atomic E-state index is 15.4. The van der Waals surface area contributed by atoms with Crippen LogP contribution in [0.25, 0.3) is 10.4 Å². The molecule has 0 bridgehead atoms. The Balaban J connectivity index is 0.878. The molecule has 2 saturated heterocycles. The Kier molecular flexibility index (Phi) is 17.8. The lowest BCUT2D eigenvalue weighted by Crippen LogP contribution is -2.58. The number of pyridine rings is 1. The van der Waals surface area contributed by atoms with Crippen molar-refractivity contribution < 1.29 is 51.0 Å². The highest BCUT2D eigenvalue weighted by Crippen LogP contribution is 2.43. The van der Waals surface area contributed by atoms with Crippen molar-refractivity contribution >= 4 is 75.3 Å². The van der Waals surface area contributed by atoms with E-state index in [4.69, 9.17) is 43.3 Å². The highest BCUT2D eigenvalue weighted by atomic mass is 35.5. The van der Waals surface area contributed by atoms with Gasteiger partial charge in [-0.15, -0.1) is 11.3 Å². The van der Waals surface area contributed by atoms with Crippen LogP contribution in [-0.4, -0.2) is 101 Å². The van der Waals surface area contributed by atoms with Crippen molar-refractivity contribution in [2.45, 2.75) is 104 Å². The van der Waals surface area contributed by atoms with Gasteiger partial charge in [0.05, 0.1) is 51.9 Å². The number of ether oxygens (including phenoxy) is 3. The first-order valence-corrected chi connectivity index (χ1v) is 24.5. The number of benzene rings is 2. The van der Waals surface area contributed by atoms with Crippen LogP contribution in [0.5, 0.6) is 5.88 Å². The molecule has 4 heterocycles. The lowest BCUT2D eigenvalue weighted by molar-refractivity contribution is -0.144. The van der Waals surface area contributed by atoms with Crippen LogP contribution in [0, 0.1) is 29.5 Å². The number of carbonyl (C=O) groups is 4. The van der Waals surface area contributed by atoms with E-state index >= 15 is 4.39 Å². The van der Waals surface area contributed by atoms with E-state index in [9.17, 15) is 32.3 Å². The fourth-order valence-electron chi connectivity index (χ4n) is 8.18. The number of rotatable bonds is 20. The number of likely N-dealkylation sites (tertiary alicyclic amines) is 1. The van der Waals surface area contributed by atoms with Crippen LogP contribution in [0.3, 0.4) is 0 Å². The molecule has 1 unspecified atom stereocenters. The van der Waals surface area contributed by atoms with Gasteiger partial charge in [0.15, 0.2) is 10.9 Å². The van der Waals surface area contributed by atoms with Gasteiger partial charge in [-0.1, -0.05) is 56.6 Å². The maximum absolute atomic E-state index is 15.4. The number of nitrogens with zero attached hydrogens (tertiary/aromatic N) is 6.